The third-order valence-corrected chi connectivity index (χ3v) is 3.92. The Balaban J connectivity index is 1.74. The summed E-state index contributed by atoms with van der Waals surface area (Å²) < 4.78 is 5.68. The summed E-state index contributed by atoms with van der Waals surface area (Å²) >= 11 is 0. The smallest absolute Gasteiger partial charge is 0.119 e. The van der Waals surface area contributed by atoms with E-state index in [1.165, 1.54) is 50.5 Å². The molecule has 0 aliphatic heterocycles. The first-order valence-corrected chi connectivity index (χ1v) is 7.60. The molecule has 18 heavy (non-hydrogen) atoms. The summed E-state index contributed by atoms with van der Waals surface area (Å²) in [5.41, 5.74) is 1.43. The summed E-state index contributed by atoms with van der Waals surface area (Å²) in [7, 11) is 0. The quantitative estimate of drug-likeness (QED) is 0.658. The molecule has 0 saturated heterocycles. The third-order valence-electron chi connectivity index (χ3n) is 3.92. The van der Waals surface area contributed by atoms with E-state index >= 15 is 0 Å². The highest BCUT2D eigenvalue weighted by Crippen LogP contribution is 2.29. The molecule has 0 amide bonds. The lowest BCUT2D eigenvalue weighted by Crippen LogP contribution is -1.97. The van der Waals surface area contributed by atoms with Gasteiger partial charge in [-0.3, -0.25) is 0 Å². The molecule has 1 saturated carbocycles. The number of rotatable bonds is 7. The van der Waals surface area contributed by atoms with Crippen LogP contribution in [0.15, 0.2) is 24.3 Å². The van der Waals surface area contributed by atoms with Crippen LogP contribution in [0.1, 0.15) is 57.4 Å². The van der Waals surface area contributed by atoms with E-state index in [-0.39, 0.29) is 0 Å². The maximum atomic E-state index is 5.68. The molecule has 1 aliphatic rings. The molecule has 1 aromatic carbocycles. The van der Waals surface area contributed by atoms with Crippen molar-refractivity contribution in [2.45, 2.75) is 58.3 Å². The number of ether oxygens (including phenoxy) is 1. The van der Waals surface area contributed by atoms with Crippen molar-refractivity contribution in [2.75, 3.05) is 6.61 Å². The molecule has 0 N–H and O–H groups in total. The van der Waals surface area contributed by atoms with Gasteiger partial charge in [0.15, 0.2) is 0 Å². The fraction of sp³-hybridized carbons (Fsp3) is 0.647. The molecular formula is C17H26O. The highest BCUT2D eigenvalue weighted by Gasteiger charge is 2.14. The van der Waals surface area contributed by atoms with Crippen LogP contribution in [0.25, 0.3) is 0 Å². The predicted molar refractivity (Wildman–Crippen MR) is 77.1 cm³/mol. The Hall–Kier alpha value is -0.980. The summed E-state index contributed by atoms with van der Waals surface area (Å²) in [5.74, 6) is 2.06. The minimum Gasteiger partial charge on any atom is -0.494 e. The first kappa shape index (κ1) is 13.5. The SMILES string of the molecule is CCCOc1cccc(CCCC2CCCC2)c1. The van der Waals surface area contributed by atoms with E-state index in [2.05, 4.69) is 31.2 Å². The Bertz CT molecular complexity index is 339. The minimum absolute atomic E-state index is 0.825. The van der Waals surface area contributed by atoms with E-state index in [1.807, 2.05) is 0 Å². The van der Waals surface area contributed by atoms with Crippen LogP contribution >= 0.6 is 0 Å². The molecule has 2 rings (SSSR count). The van der Waals surface area contributed by atoms with Gasteiger partial charge in [-0.15, -0.1) is 0 Å². The summed E-state index contributed by atoms with van der Waals surface area (Å²) in [5, 5.41) is 0. The van der Waals surface area contributed by atoms with Crippen LogP contribution in [0.3, 0.4) is 0 Å². The molecule has 1 fully saturated rings. The molecule has 1 heteroatoms. The van der Waals surface area contributed by atoms with Crippen molar-refractivity contribution >= 4 is 0 Å². The van der Waals surface area contributed by atoms with Gasteiger partial charge in [-0.2, -0.15) is 0 Å². The molecule has 1 aliphatic carbocycles. The molecular weight excluding hydrogens is 220 g/mol. The van der Waals surface area contributed by atoms with Crippen molar-refractivity contribution in [3.63, 3.8) is 0 Å². The average molecular weight is 246 g/mol. The van der Waals surface area contributed by atoms with E-state index in [0.29, 0.717) is 0 Å². The molecule has 0 heterocycles. The van der Waals surface area contributed by atoms with Crippen molar-refractivity contribution in [1.82, 2.24) is 0 Å². The first-order valence-electron chi connectivity index (χ1n) is 7.60. The maximum Gasteiger partial charge on any atom is 0.119 e. The van der Waals surface area contributed by atoms with Crippen LogP contribution in [-0.4, -0.2) is 6.61 Å². The molecule has 1 aromatic rings. The molecule has 100 valence electrons. The van der Waals surface area contributed by atoms with Gasteiger partial charge < -0.3 is 4.74 Å². The second-order valence-corrected chi connectivity index (χ2v) is 5.54. The van der Waals surface area contributed by atoms with E-state index < -0.39 is 0 Å². The highest BCUT2D eigenvalue weighted by atomic mass is 16.5. The lowest BCUT2D eigenvalue weighted by atomic mass is 9.98. The Kier molecular flexibility index (Phi) is 5.57. The van der Waals surface area contributed by atoms with E-state index in [4.69, 9.17) is 4.74 Å². The molecule has 0 bridgehead atoms. The van der Waals surface area contributed by atoms with Crippen molar-refractivity contribution in [2.24, 2.45) is 5.92 Å². The standard InChI is InChI=1S/C17H26O/c1-2-13-18-17-12-6-11-16(14-17)10-5-9-15-7-3-4-8-15/h6,11-12,14-15H,2-5,7-10,13H2,1H3. The molecule has 0 atom stereocenters. The van der Waals surface area contributed by atoms with Crippen molar-refractivity contribution in [3.8, 4) is 5.75 Å². The molecule has 1 nitrogen and oxygen atoms in total. The number of benzene rings is 1. The average Bonchev–Trinajstić information content (AvgIpc) is 2.90. The minimum atomic E-state index is 0.825. The number of aryl methyl sites for hydroxylation is 1. The van der Waals surface area contributed by atoms with Gasteiger partial charge in [0.2, 0.25) is 0 Å². The van der Waals surface area contributed by atoms with Gasteiger partial charge in [0.05, 0.1) is 6.61 Å². The van der Waals surface area contributed by atoms with Gasteiger partial charge in [0.25, 0.3) is 0 Å². The summed E-state index contributed by atoms with van der Waals surface area (Å²) in [6, 6.07) is 8.63. The summed E-state index contributed by atoms with van der Waals surface area (Å²) in [4.78, 5) is 0. The zero-order chi connectivity index (χ0) is 12.6. The van der Waals surface area contributed by atoms with Crippen LogP contribution in [0.4, 0.5) is 0 Å². The number of hydrogen-bond donors (Lipinski definition) is 0. The first-order chi connectivity index (χ1) is 8.88. The fourth-order valence-corrected chi connectivity index (χ4v) is 2.90. The summed E-state index contributed by atoms with van der Waals surface area (Å²) in [6.45, 7) is 2.97. The van der Waals surface area contributed by atoms with E-state index in [0.717, 1.165) is 24.7 Å². The van der Waals surface area contributed by atoms with Crippen molar-refractivity contribution in [3.05, 3.63) is 29.8 Å². The van der Waals surface area contributed by atoms with Crippen LogP contribution in [0.5, 0.6) is 5.75 Å². The van der Waals surface area contributed by atoms with E-state index in [1.54, 1.807) is 0 Å². The third kappa shape index (κ3) is 4.36. The molecule has 0 radical (unpaired) electrons. The molecule has 0 spiro atoms. The van der Waals surface area contributed by atoms with Crippen molar-refractivity contribution < 1.29 is 4.74 Å². The fourth-order valence-electron chi connectivity index (χ4n) is 2.90. The van der Waals surface area contributed by atoms with Gasteiger partial charge in [0.1, 0.15) is 5.75 Å². The van der Waals surface area contributed by atoms with Gasteiger partial charge in [-0.25, -0.2) is 0 Å². The highest BCUT2D eigenvalue weighted by molar-refractivity contribution is 5.28. The Morgan fingerprint density at radius 3 is 2.83 bits per heavy atom. The summed E-state index contributed by atoms with van der Waals surface area (Å²) in [6.07, 6.45) is 10.9. The second-order valence-electron chi connectivity index (χ2n) is 5.54. The Morgan fingerprint density at radius 1 is 1.22 bits per heavy atom. The predicted octanol–water partition coefficient (Wildman–Crippen LogP) is 4.99. The lowest BCUT2D eigenvalue weighted by molar-refractivity contribution is 0.317. The largest absolute Gasteiger partial charge is 0.494 e. The monoisotopic (exact) mass is 246 g/mol. The Labute approximate surface area is 112 Å². The topological polar surface area (TPSA) is 9.23 Å². The van der Waals surface area contributed by atoms with Crippen LogP contribution in [0.2, 0.25) is 0 Å². The van der Waals surface area contributed by atoms with Crippen molar-refractivity contribution in [1.29, 1.82) is 0 Å². The molecule has 0 aromatic heterocycles. The van der Waals surface area contributed by atoms with Gasteiger partial charge in [-0.1, -0.05) is 51.2 Å². The van der Waals surface area contributed by atoms with Crippen LogP contribution < -0.4 is 4.74 Å². The lowest BCUT2D eigenvalue weighted by Gasteiger charge is -2.09. The van der Waals surface area contributed by atoms with Gasteiger partial charge >= 0.3 is 0 Å². The zero-order valence-corrected chi connectivity index (χ0v) is 11.7. The van der Waals surface area contributed by atoms with E-state index in [9.17, 15) is 0 Å². The molecule has 0 unspecified atom stereocenters. The maximum absolute atomic E-state index is 5.68. The van der Waals surface area contributed by atoms with Gasteiger partial charge in [0, 0.05) is 0 Å². The Morgan fingerprint density at radius 2 is 2.06 bits per heavy atom. The number of hydrogen-bond acceptors (Lipinski definition) is 1. The zero-order valence-electron chi connectivity index (χ0n) is 11.7. The normalized spacial score (nSPS) is 16.1. The second kappa shape index (κ2) is 7.45. The van der Waals surface area contributed by atoms with Crippen LogP contribution in [0, 0.1) is 5.92 Å². The van der Waals surface area contributed by atoms with Gasteiger partial charge in [-0.05, 0) is 42.9 Å². The van der Waals surface area contributed by atoms with Crippen LogP contribution in [-0.2, 0) is 6.42 Å².